The van der Waals surface area contributed by atoms with E-state index in [2.05, 4.69) is 21.9 Å². The highest BCUT2D eigenvalue weighted by atomic mass is 16.5. The molecule has 0 aromatic heterocycles. The SMILES string of the molecule is NC(=O)Cc1ccc2c(c1)CCOC2CCN1CCN(c2ccc(O)cc2)CC1. The number of hydrogen-bond acceptors (Lipinski definition) is 5. The minimum atomic E-state index is -0.292. The van der Waals surface area contributed by atoms with Crippen LogP contribution in [0.4, 0.5) is 5.69 Å². The van der Waals surface area contributed by atoms with Crippen LogP contribution in [0.15, 0.2) is 42.5 Å². The summed E-state index contributed by atoms with van der Waals surface area (Å²) in [6.07, 6.45) is 2.28. The molecule has 2 aromatic rings. The summed E-state index contributed by atoms with van der Waals surface area (Å²) in [4.78, 5) is 16.0. The average Bonchev–Trinajstić information content (AvgIpc) is 2.72. The summed E-state index contributed by atoms with van der Waals surface area (Å²) in [5.41, 5.74) is 10.0. The summed E-state index contributed by atoms with van der Waals surface area (Å²) in [6.45, 7) is 5.77. The number of hydrogen-bond donors (Lipinski definition) is 2. The number of rotatable bonds is 6. The molecule has 3 N–H and O–H groups in total. The molecule has 1 amide bonds. The number of nitrogens with two attached hydrogens (primary N) is 1. The molecule has 2 aliphatic heterocycles. The van der Waals surface area contributed by atoms with Gasteiger partial charge in [0.25, 0.3) is 0 Å². The van der Waals surface area contributed by atoms with Crippen molar-refractivity contribution >= 4 is 11.6 Å². The van der Waals surface area contributed by atoms with Crippen molar-refractivity contribution in [1.82, 2.24) is 4.90 Å². The molecule has 0 aliphatic carbocycles. The van der Waals surface area contributed by atoms with E-state index in [4.69, 9.17) is 10.5 Å². The van der Waals surface area contributed by atoms with Crippen molar-refractivity contribution in [3.8, 4) is 5.75 Å². The lowest BCUT2D eigenvalue weighted by molar-refractivity contribution is -0.117. The number of amides is 1. The first-order valence-electron chi connectivity index (χ1n) is 10.4. The molecule has 1 atom stereocenters. The Kier molecular flexibility index (Phi) is 6.02. The maximum atomic E-state index is 11.2. The number of carbonyl (C=O) groups is 1. The van der Waals surface area contributed by atoms with Gasteiger partial charge in [0.15, 0.2) is 0 Å². The van der Waals surface area contributed by atoms with E-state index in [1.54, 1.807) is 12.1 Å². The van der Waals surface area contributed by atoms with Gasteiger partial charge in [0, 0.05) is 38.4 Å². The predicted molar refractivity (Wildman–Crippen MR) is 113 cm³/mol. The molecule has 1 saturated heterocycles. The molecule has 2 heterocycles. The predicted octanol–water partition coefficient (Wildman–Crippen LogP) is 2.25. The van der Waals surface area contributed by atoms with Crippen LogP contribution in [0.25, 0.3) is 0 Å². The Bertz CT molecular complexity index is 845. The summed E-state index contributed by atoms with van der Waals surface area (Å²) < 4.78 is 6.07. The second-order valence-electron chi connectivity index (χ2n) is 7.92. The Balaban J connectivity index is 1.30. The number of phenols is 1. The first kappa shape index (κ1) is 19.7. The molecule has 29 heavy (non-hydrogen) atoms. The van der Waals surface area contributed by atoms with Gasteiger partial charge in [-0.3, -0.25) is 9.69 Å². The fraction of sp³-hybridized carbons (Fsp3) is 0.435. The largest absolute Gasteiger partial charge is 0.508 e. The topological polar surface area (TPSA) is 79.0 Å². The van der Waals surface area contributed by atoms with Crippen LogP contribution in [-0.4, -0.2) is 55.2 Å². The second-order valence-corrected chi connectivity index (χ2v) is 7.92. The number of piperazine rings is 1. The van der Waals surface area contributed by atoms with Crippen LogP contribution < -0.4 is 10.6 Å². The van der Waals surface area contributed by atoms with Crippen molar-refractivity contribution in [2.24, 2.45) is 5.73 Å². The van der Waals surface area contributed by atoms with E-state index in [9.17, 15) is 9.90 Å². The highest BCUT2D eigenvalue weighted by Gasteiger charge is 2.23. The Morgan fingerprint density at radius 2 is 1.86 bits per heavy atom. The van der Waals surface area contributed by atoms with Gasteiger partial charge in [0.1, 0.15) is 5.75 Å². The minimum Gasteiger partial charge on any atom is -0.508 e. The van der Waals surface area contributed by atoms with Gasteiger partial charge in [0.2, 0.25) is 5.91 Å². The molecular weight excluding hydrogens is 366 g/mol. The van der Waals surface area contributed by atoms with E-state index in [-0.39, 0.29) is 12.0 Å². The second kappa shape index (κ2) is 8.84. The smallest absolute Gasteiger partial charge is 0.221 e. The van der Waals surface area contributed by atoms with Gasteiger partial charge in [-0.2, -0.15) is 0 Å². The highest BCUT2D eigenvalue weighted by Crippen LogP contribution is 2.31. The summed E-state index contributed by atoms with van der Waals surface area (Å²) in [6, 6.07) is 13.7. The van der Waals surface area contributed by atoms with Crippen molar-refractivity contribution in [2.75, 3.05) is 44.2 Å². The first-order chi connectivity index (χ1) is 14.1. The summed E-state index contributed by atoms with van der Waals surface area (Å²) in [5, 5.41) is 9.46. The standard InChI is InChI=1S/C23H29N3O3/c24-23(28)16-17-1-6-21-18(15-17)8-14-29-22(21)7-9-25-10-12-26(13-11-25)19-2-4-20(27)5-3-19/h1-6,15,22,27H,7-14,16H2,(H2,24,28). The Hall–Kier alpha value is -2.57. The molecule has 0 bridgehead atoms. The van der Waals surface area contributed by atoms with Crippen molar-refractivity contribution in [2.45, 2.75) is 25.4 Å². The van der Waals surface area contributed by atoms with Crippen LogP contribution in [0.2, 0.25) is 0 Å². The van der Waals surface area contributed by atoms with Gasteiger partial charge in [-0.05, 0) is 53.8 Å². The quantitative estimate of drug-likeness (QED) is 0.784. The van der Waals surface area contributed by atoms with E-state index in [1.165, 1.54) is 16.8 Å². The van der Waals surface area contributed by atoms with E-state index in [1.807, 2.05) is 18.2 Å². The van der Waals surface area contributed by atoms with Crippen LogP contribution >= 0.6 is 0 Å². The minimum absolute atomic E-state index is 0.122. The van der Waals surface area contributed by atoms with Crippen molar-refractivity contribution in [3.05, 3.63) is 59.2 Å². The number of primary amides is 1. The molecule has 1 unspecified atom stereocenters. The number of aromatic hydroxyl groups is 1. The molecule has 0 radical (unpaired) electrons. The summed E-state index contributed by atoms with van der Waals surface area (Å²) >= 11 is 0. The lowest BCUT2D eigenvalue weighted by Gasteiger charge is -2.37. The molecule has 4 rings (SSSR count). The van der Waals surface area contributed by atoms with Gasteiger partial charge in [-0.1, -0.05) is 18.2 Å². The van der Waals surface area contributed by atoms with Gasteiger partial charge in [0.05, 0.1) is 19.1 Å². The van der Waals surface area contributed by atoms with Crippen molar-refractivity contribution in [3.63, 3.8) is 0 Å². The van der Waals surface area contributed by atoms with Crippen LogP contribution in [-0.2, 0) is 22.4 Å². The van der Waals surface area contributed by atoms with E-state index >= 15 is 0 Å². The molecule has 154 valence electrons. The van der Waals surface area contributed by atoms with Crippen LogP contribution in [0.3, 0.4) is 0 Å². The van der Waals surface area contributed by atoms with Crippen LogP contribution in [0.5, 0.6) is 5.75 Å². The zero-order valence-corrected chi connectivity index (χ0v) is 16.7. The fourth-order valence-corrected chi connectivity index (χ4v) is 4.33. The lowest BCUT2D eigenvalue weighted by atomic mass is 9.93. The molecule has 0 saturated carbocycles. The normalized spacial score (nSPS) is 19.7. The third kappa shape index (κ3) is 4.89. The number of anilines is 1. The third-order valence-corrected chi connectivity index (χ3v) is 5.92. The average molecular weight is 396 g/mol. The molecular formula is C23H29N3O3. The maximum absolute atomic E-state index is 11.2. The van der Waals surface area contributed by atoms with Gasteiger partial charge >= 0.3 is 0 Å². The van der Waals surface area contributed by atoms with E-state index in [0.29, 0.717) is 12.2 Å². The monoisotopic (exact) mass is 395 g/mol. The molecule has 6 heteroatoms. The Labute approximate surface area is 171 Å². The number of ether oxygens (including phenoxy) is 1. The van der Waals surface area contributed by atoms with E-state index in [0.717, 1.165) is 57.7 Å². The van der Waals surface area contributed by atoms with E-state index < -0.39 is 0 Å². The van der Waals surface area contributed by atoms with Crippen LogP contribution in [0.1, 0.15) is 29.2 Å². The van der Waals surface area contributed by atoms with Gasteiger partial charge in [-0.25, -0.2) is 0 Å². The van der Waals surface area contributed by atoms with Crippen molar-refractivity contribution in [1.29, 1.82) is 0 Å². The number of benzene rings is 2. The molecule has 0 spiro atoms. The molecule has 1 fully saturated rings. The number of phenolic OH excluding ortho intramolecular Hbond substituents is 1. The van der Waals surface area contributed by atoms with Gasteiger partial charge < -0.3 is 20.5 Å². The van der Waals surface area contributed by atoms with Gasteiger partial charge in [-0.15, -0.1) is 0 Å². The molecule has 6 nitrogen and oxygen atoms in total. The number of carbonyl (C=O) groups excluding carboxylic acids is 1. The summed E-state index contributed by atoms with van der Waals surface area (Å²) in [7, 11) is 0. The Morgan fingerprint density at radius 1 is 1.10 bits per heavy atom. The Morgan fingerprint density at radius 3 is 2.59 bits per heavy atom. The van der Waals surface area contributed by atoms with Crippen LogP contribution in [0, 0.1) is 0 Å². The highest BCUT2D eigenvalue weighted by molar-refractivity contribution is 5.76. The molecule has 2 aliphatic rings. The van der Waals surface area contributed by atoms with Crippen molar-refractivity contribution < 1.29 is 14.6 Å². The number of nitrogens with zero attached hydrogens (tertiary/aromatic N) is 2. The zero-order chi connectivity index (χ0) is 20.2. The zero-order valence-electron chi connectivity index (χ0n) is 16.7. The third-order valence-electron chi connectivity index (χ3n) is 5.92. The number of fused-ring (bicyclic) bond motifs is 1. The summed E-state index contributed by atoms with van der Waals surface area (Å²) in [5.74, 6) is 0.0157. The first-order valence-corrected chi connectivity index (χ1v) is 10.4. The lowest BCUT2D eigenvalue weighted by Crippen LogP contribution is -2.46. The molecule has 2 aromatic carbocycles. The maximum Gasteiger partial charge on any atom is 0.221 e. The fourth-order valence-electron chi connectivity index (χ4n) is 4.33.